The van der Waals surface area contributed by atoms with Gasteiger partial charge in [0.2, 0.25) is 5.88 Å². The molecule has 0 amide bonds. The first-order valence-electron chi connectivity index (χ1n) is 7.45. The van der Waals surface area contributed by atoms with Gasteiger partial charge < -0.3 is 9.64 Å². The zero-order chi connectivity index (χ0) is 17.1. The predicted octanol–water partition coefficient (Wildman–Crippen LogP) is 4.42. The first kappa shape index (κ1) is 16.0. The number of anilines is 1. The van der Waals surface area contributed by atoms with Crippen LogP contribution >= 0.6 is 11.3 Å². The highest BCUT2D eigenvalue weighted by Gasteiger charge is 2.16. The Morgan fingerprint density at radius 2 is 1.92 bits per heavy atom. The van der Waals surface area contributed by atoms with Crippen LogP contribution in [0.3, 0.4) is 0 Å². The van der Waals surface area contributed by atoms with E-state index < -0.39 is 0 Å². The summed E-state index contributed by atoms with van der Waals surface area (Å²) in [4.78, 5) is 7.58. The highest BCUT2D eigenvalue weighted by atomic mass is 32.1. The number of benzene rings is 1. The number of pyridine rings is 1. The molecule has 0 aliphatic carbocycles. The van der Waals surface area contributed by atoms with E-state index in [0.29, 0.717) is 11.4 Å². The maximum absolute atomic E-state index is 9.58. The molecule has 0 aliphatic heterocycles. The molecule has 3 aromatic rings. The number of methoxy groups -OCH3 is 1. The van der Waals surface area contributed by atoms with Crippen LogP contribution in [0.1, 0.15) is 5.56 Å². The van der Waals surface area contributed by atoms with E-state index in [1.54, 1.807) is 18.4 Å². The van der Waals surface area contributed by atoms with Crippen molar-refractivity contribution in [3.05, 3.63) is 53.4 Å². The lowest BCUT2D eigenvalue weighted by atomic mass is 10.00. The Kier molecular flexibility index (Phi) is 4.50. The van der Waals surface area contributed by atoms with E-state index in [0.717, 1.165) is 27.4 Å². The molecule has 0 atom stereocenters. The minimum absolute atomic E-state index is 0.357. The van der Waals surface area contributed by atoms with Crippen molar-refractivity contribution in [1.29, 1.82) is 5.26 Å². The third kappa shape index (κ3) is 2.97. The molecular formula is C19H17N3OS. The van der Waals surface area contributed by atoms with Gasteiger partial charge in [-0.25, -0.2) is 4.98 Å². The third-order valence-electron chi connectivity index (χ3n) is 3.76. The molecule has 24 heavy (non-hydrogen) atoms. The van der Waals surface area contributed by atoms with Crippen molar-refractivity contribution >= 4 is 17.0 Å². The van der Waals surface area contributed by atoms with Crippen molar-refractivity contribution in [2.75, 3.05) is 26.1 Å². The number of hydrogen-bond acceptors (Lipinski definition) is 5. The van der Waals surface area contributed by atoms with Gasteiger partial charge in [0.25, 0.3) is 0 Å². The highest BCUT2D eigenvalue weighted by molar-refractivity contribution is 7.13. The van der Waals surface area contributed by atoms with Crippen molar-refractivity contribution in [2.24, 2.45) is 0 Å². The predicted molar refractivity (Wildman–Crippen MR) is 98.6 cm³/mol. The van der Waals surface area contributed by atoms with Crippen molar-refractivity contribution in [1.82, 2.24) is 4.98 Å². The Morgan fingerprint density at radius 1 is 1.17 bits per heavy atom. The molecule has 0 spiro atoms. The van der Waals surface area contributed by atoms with Gasteiger partial charge >= 0.3 is 0 Å². The summed E-state index contributed by atoms with van der Waals surface area (Å²) in [6, 6.07) is 16.3. The Bertz CT molecular complexity index is 878. The van der Waals surface area contributed by atoms with E-state index in [1.807, 2.05) is 66.8 Å². The maximum Gasteiger partial charge on any atom is 0.232 e. The van der Waals surface area contributed by atoms with Crippen LogP contribution in [0, 0.1) is 11.3 Å². The van der Waals surface area contributed by atoms with E-state index in [2.05, 4.69) is 11.1 Å². The molecule has 0 fully saturated rings. The molecule has 3 rings (SSSR count). The Morgan fingerprint density at radius 3 is 2.46 bits per heavy atom. The number of rotatable bonds is 4. The van der Waals surface area contributed by atoms with Gasteiger partial charge in [0.05, 0.1) is 17.7 Å². The molecule has 0 radical (unpaired) electrons. The molecular weight excluding hydrogens is 318 g/mol. The fourth-order valence-corrected chi connectivity index (χ4v) is 3.18. The smallest absolute Gasteiger partial charge is 0.232 e. The van der Waals surface area contributed by atoms with Crippen molar-refractivity contribution in [3.63, 3.8) is 0 Å². The lowest BCUT2D eigenvalue weighted by molar-refractivity contribution is 0.397. The number of hydrogen-bond donors (Lipinski definition) is 0. The molecule has 0 saturated heterocycles. The van der Waals surface area contributed by atoms with Crippen LogP contribution in [0.25, 0.3) is 21.7 Å². The summed E-state index contributed by atoms with van der Waals surface area (Å²) in [5.74, 6) is 0.357. The molecule has 0 unspecified atom stereocenters. The van der Waals surface area contributed by atoms with Gasteiger partial charge in [0.1, 0.15) is 11.6 Å². The van der Waals surface area contributed by atoms with Gasteiger partial charge in [0.15, 0.2) is 0 Å². The van der Waals surface area contributed by atoms with Crippen molar-refractivity contribution < 1.29 is 4.74 Å². The topological polar surface area (TPSA) is 49.1 Å². The van der Waals surface area contributed by atoms with Crippen LogP contribution in [0.15, 0.2) is 47.8 Å². The standard InChI is InChI=1S/C19H17N3OS/c1-22(2)14-8-6-13(7-9-14)15-11-17(18-5-4-10-24-18)21-19(23-3)16(15)12-20/h4-11H,1-3H3. The molecule has 0 bridgehead atoms. The summed E-state index contributed by atoms with van der Waals surface area (Å²) in [6.45, 7) is 0. The third-order valence-corrected chi connectivity index (χ3v) is 4.65. The van der Waals surface area contributed by atoms with Crippen LogP contribution in [0.5, 0.6) is 5.88 Å². The first-order chi connectivity index (χ1) is 11.6. The second kappa shape index (κ2) is 6.73. The van der Waals surface area contributed by atoms with Crippen LogP contribution in [-0.4, -0.2) is 26.2 Å². The first-order valence-corrected chi connectivity index (χ1v) is 8.32. The molecule has 5 heteroatoms. The number of nitriles is 1. The lowest BCUT2D eigenvalue weighted by Crippen LogP contribution is -2.08. The van der Waals surface area contributed by atoms with Gasteiger partial charge in [-0.05, 0) is 35.2 Å². The van der Waals surface area contributed by atoms with Gasteiger partial charge in [-0.15, -0.1) is 11.3 Å². The molecule has 0 N–H and O–H groups in total. The van der Waals surface area contributed by atoms with Gasteiger partial charge in [0, 0.05) is 25.3 Å². The van der Waals surface area contributed by atoms with Crippen molar-refractivity contribution in [2.45, 2.75) is 0 Å². The average Bonchev–Trinajstić information content (AvgIpc) is 3.15. The molecule has 0 saturated carbocycles. The molecule has 1 aromatic carbocycles. The molecule has 2 aromatic heterocycles. The Hall–Kier alpha value is -2.84. The number of thiophene rings is 1. The summed E-state index contributed by atoms with van der Waals surface area (Å²) in [5, 5.41) is 11.6. The lowest BCUT2D eigenvalue weighted by Gasteiger charge is -2.14. The minimum Gasteiger partial charge on any atom is -0.480 e. The van der Waals surface area contributed by atoms with Crippen LogP contribution in [0.2, 0.25) is 0 Å². The SMILES string of the molecule is COc1nc(-c2cccs2)cc(-c2ccc(N(C)C)cc2)c1C#N. The fourth-order valence-electron chi connectivity index (χ4n) is 2.49. The maximum atomic E-state index is 9.58. The highest BCUT2D eigenvalue weighted by Crippen LogP contribution is 2.35. The van der Waals surface area contributed by atoms with E-state index in [1.165, 1.54) is 0 Å². The molecule has 2 heterocycles. The van der Waals surface area contributed by atoms with Crippen molar-refractivity contribution in [3.8, 4) is 33.6 Å². The fraction of sp³-hybridized carbons (Fsp3) is 0.158. The quantitative estimate of drug-likeness (QED) is 0.708. The molecule has 0 aliphatic rings. The Balaban J connectivity index is 2.18. The van der Waals surface area contributed by atoms with E-state index in [9.17, 15) is 5.26 Å². The second-order valence-electron chi connectivity index (χ2n) is 5.47. The molecule has 120 valence electrons. The van der Waals surface area contributed by atoms with E-state index >= 15 is 0 Å². The molecule has 4 nitrogen and oxygen atoms in total. The zero-order valence-corrected chi connectivity index (χ0v) is 14.6. The van der Waals surface area contributed by atoms with Gasteiger partial charge in [-0.1, -0.05) is 18.2 Å². The Labute approximate surface area is 145 Å². The van der Waals surface area contributed by atoms with Crippen LogP contribution < -0.4 is 9.64 Å². The number of nitrogens with zero attached hydrogens (tertiary/aromatic N) is 3. The van der Waals surface area contributed by atoms with Gasteiger partial charge in [-0.2, -0.15) is 5.26 Å². The summed E-state index contributed by atoms with van der Waals surface area (Å²) < 4.78 is 5.36. The van der Waals surface area contributed by atoms with E-state index in [-0.39, 0.29) is 0 Å². The van der Waals surface area contributed by atoms with E-state index in [4.69, 9.17) is 4.74 Å². The number of aromatic nitrogens is 1. The summed E-state index contributed by atoms with van der Waals surface area (Å²) in [7, 11) is 5.54. The van der Waals surface area contributed by atoms with Gasteiger partial charge in [-0.3, -0.25) is 0 Å². The van der Waals surface area contributed by atoms with Crippen LogP contribution in [0.4, 0.5) is 5.69 Å². The zero-order valence-electron chi connectivity index (χ0n) is 13.8. The summed E-state index contributed by atoms with van der Waals surface area (Å²) >= 11 is 1.61. The normalized spacial score (nSPS) is 10.2. The van der Waals surface area contributed by atoms with Crippen LogP contribution in [-0.2, 0) is 0 Å². The monoisotopic (exact) mass is 335 g/mol. The second-order valence-corrected chi connectivity index (χ2v) is 6.42. The summed E-state index contributed by atoms with van der Waals surface area (Å²) in [5.41, 5.74) is 4.17. The average molecular weight is 335 g/mol. The summed E-state index contributed by atoms with van der Waals surface area (Å²) in [6.07, 6.45) is 0. The number of ether oxygens (including phenoxy) is 1. The largest absolute Gasteiger partial charge is 0.480 e. The minimum atomic E-state index is 0.357.